The van der Waals surface area contributed by atoms with Crippen LogP contribution in [-0.4, -0.2) is 28.0 Å². The Morgan fingerprint density at radius 1 is 1.40 bits per heavy atom. The zero-order chi connectivity index (χ0) is 14.9. The molecule has 0 fully saturated rings. The number of aromatic carboxylic acids is 1. The summed E-state index contributed by atoms with van der Waals surface area (Å²) >= 11 is 0. The van der Waals surface area contributed by atoms with E-state index in [1.54, 1.807) is 11.8 Å². The molecule has 0 saturated heterocycles. The summed E-state index contributed by atoms with van der Waals surface area (Å²) in [6.07, 6.45) is 1.54. The maximum atomic E-state index is 11.3. The van der Waals surface area contributed by atoms with Gasteiger partial charge in [-0.05, 0) is 30.5 Å². The first-order chi connectivity index (χ1) is 9.43. The Bertz CT molecular complexity index is 645. The Morgan fingerprint density at radius 3 is 2.60 bits per heavy atom. The SMILES string of the molecule is COc1ccc(C)cc1-n1cc(C(=O)O)c(C(C)C)n1. The molecule has 0 bridgehead atoms. The minimum atomic E-state index is -0.966. The minimum Gasteiger partial charge on any atom is -0.494 e. The van der Waals surface area contributed by atoms with Crippen molar-refractivity contribution in [3.05, 3.63) is 41.2 Å². The van der Waals surface area contributed by atoms with Crippen LogP contribution in [0.25, 0.3) is 5.69 Å². The lowest BCUT2D eigenvalue weighted by atomic mass is 10.1. The van der Waals surface area contributed by atoms with Gasteiger partial charge in [0.25, 0.3) is 0 Å². The van der Waals surface area contributed by atoms with E-state index in [1.165, 1.54) is 6.20 Å². The van der Waals surface area contributed by atoms with E-state index in [9.17, 15) is 9.90 Å². The second kappa shape index (κ2) is 5.36. The van der Waals surface area contributed by atoms with Crippen LogP contribution in [0, 0.1) is 6.92 Å². The number of hydrogen-bond acceptors (Lipinski definition) is 3. The zero-order valence-electron chi connectivity index (χ0n) is 12.0. The lowest BCUT2D eigenvalue weighted by Crippen LogP contribution is -2.01. The number of methoxy groups -OCH3 is 1. The molecule has 5 heteroatoms. The summed E-state index contributed by atoms with van der Waals surface area (Å²) in [7, 11) is 1.58. The molecule has 0 spiro atoms. The fraction of sp³-hybridized carbons (Fsp3) is 0.333. The molecule has 20 heavy (non-hydrogen) atoms. The van der Waals surface area contributed by atoms with Crippen molar-refractivity contribution in [1.29, 1.82) is 0 Å². The Balaban J connectivity index is 2.61. The molecule has 1 N–H and O–H groups in total. The van der Waals surface area contributed by atoms with Gasteiger partial charge < -0.3 is 9.84 Å². The first-order valence-corrected chi connectivity index (χ1v) is 6.42. The van der Waals surface area contributed by atoms with Crippen LogP contribution in [-0.2, 0) is 0 Å². The minimum absolute atomic E-state index is 0.0400. The number of ether oxygens (including phenoxy) is 1. The molecule has 1 heterocycles. The van der Waals surface area contributed by atoms with Crippen molar-refractivity contribution in [2.45, 2.75) is 26.7 Å². The van der Waals surface area contributed by atoms with Gasteiger partial charge in [0.05, 0.1) is 12.8 Å². The zero-order valence-corrected chi connectivity index (χ0v) is 12.0. The smallest absolute Gasteiger partial charge is 0.339 e. The largest absolute Gasteiger partial charge is 0.494 e. The van der Waals surface area contributed by atoms with E-state index in [-0.39, 0.29) is 11.5 Å². The van der Waals surface area contributed by atoms with Crippen LogP contribution in [0.15, 0.2) is 24.4 Å². The van der Waals surface area contributed by atoms with Gasteiger partial charge >= 0.3 is 5.97 Å². The molecular formula is C15H18N2O3. The molecule has 1 aromatic carbocycles. The molecule has 0 unspecified atom stereocenters. The van der Waals surface area contributed by atoms with Crippen molar-refractivity contribution in [3.8, 4) is 11.4 Å². The van der Waals surface area contributed by atoms with E-state index in [2.05, 4.69) is 5.10 Å². The van der Waals surface area contributed by atoms with Crippen molar-refractivity contribution in [2.75, 3.05) is 7.11 Å². The number of nitrogens with zero attached hydrogens (tertiary/aromatic N) is 2. The molecule has 2 aromatic rings. The maximum absolute atomic E-state index is 11.3. The van der Waals surface area contributed by atoms with Gasteiger partial charge in [0.1, 0.15) is 17.0 Å². The fourth-order valence-corrected chi connectivity index (χ4v) is 2.08. The number of aryl methyl sites for hydroxylation is 1. The summed E-state index contributed by atoms with van der Waals surface area (Å²) in [6.45, 7) is 5.81. The molecule has 0 aliphatic carbocycles. The Hall–Kier alpha value is -2.30. The maximum Gasteiger partial charge on any atom is 0.339 e. The lowest BCUT2D eigenvalue weighted by Gasteiger charge is -2.09. The highest BCUT2D eigenvalue weighted by atomic mass is 16.5. The lowest BCUT2D eigenvalue weighted by molar-refractivity contribution is 0.0695. The van der Waals surface area contributed by atoms with Gasteiger partial charge in [-0.3, -0.25) is 0 Å². The monoisotopic (exact) mass is 274 g/mol. The summed E-state index contributed by atoms with van der Waals surface area (Å²) < 4.78 is 6.89. The van der Waals surface area contributed by atoms with E-state index in [0.29, 0.717) is 11.4 Å². The molecule has 0 aliphatic rings. The van der Waals surface area contributed by atoms with Crippen molar-refractivity contribution >= 4 is 5.97 Å². The summed E-state index contributed by atoms with van der Waals surface area (Å²) in [4.78, 5) is 11.3. The molecule has 0 atom stereocenters. The number of benzene rings is 1. The second-order valence-corrected chi connectivity index (χ2v) is 5.01. The van der Waals surface area contributed by atoms with Crippen LogP contribution in [0.5, 0.6) is 5.75 Å². The fourth-order valence-electron chi connectivity index (χ4n) is 2.08. The van der Waals surface area contributed by atoms with Crippen molar-refractivity contribution < 1.29 is 14.6 Å². The van der Waals surface area contributed by atoms with Crippen LogP contribution in [0.1, 0.15) is 41.4 Å². The third-order valence-electron chi connectivity index (χ3n) is 3.10. The Labute approximate surface area is 117 Å². The van der Waals surface area contributed by atoms with Crippen LogP contribution < -0.4 is 4.74 Å². The van der Waals surface area contributed by atoms with Gasteiger partial charge in [0, 0.05) is 6.20 Å². The van der Waals surface area contributed by atoms with Crippen molar-refractivity contribution in [1.82, 2.24) is 9.78 Å². The number of carboxylic acid groups (broad SMARTS) is 1. The summed E-state index contributed by atoms with van der Waals surface area (Å²) in [5, 5.41) is 13.7. The topological polar surface area (TPSA) is 64.3 Å². The van der Waals surface area contributed by atoms with Crippen LogP contribution in [0.3, 0.4) is 0 Å². The molecule has 1 aromatic heterocycles. The number of aromatic nitrogens is 2. The first-order valence-electron chi connectivity index (χ1n) is 6.42. The summed E-state index contributed by atoms with van der Waals surface area (Å²) in [5.41, 5.74) is 2.59. The van der Waals surface area contributed by atoms with Crippen LogP contribution in [0.4, 0.5) is 0 Å². The summed E-state index contributed by atoms with van der Waals surface area (Å²) in [5.74, 6) is -0.268. The molecule has 2 rings (SSSR count). The molecule has 0 saturated carbocycles. The first kappa shape index (κ1) is 14.1. The second-order valence-electron chi connectivity index (χ2n) is 5.01. The molecule has 0 amide bonds. The highest BCUT2D eigenvalue weighted by Crippen LogP contribution is 2.26. The number of carbonyl (C=O) groups is 1. The Morgan fingerprint density at radius 2 is 2.10 bits per heavy atom. The molecular weight excluding hydrogens is 256 g/mol. The summed E-state index contributed by atoms with van der Waals surface area (Å²) in [6, 6.07) is 5.71. The quantitative estimate of drug-likeness (QED) is 0.930. The molecule has 106 valence electrons. The predicted octanol–water partition coefficient (Wildman–Crippen LogP) is 3.01. The molecule has 0 radical (unpaired) electrons. The normalized spacial score (nSPS) is 10.8. The Kier molecular flexibility index (Phi) is 3.79. The van der Waals surface area contributed by atoms with E-state index in [0.717, 1.165) is 11.3 Å². The van der Waals surface area contributed by atoms with Gasteiger partial charge in [0.2, 0.25) is 0 Å². The molecule has 0 aliphatic heterocycles. The number of rotatable bonds is 4. The standard InChI is InChI=1S/C15H18N2O3/c1-9(2)14-11(15(18)19)8-17(16-14)12-7-10(3)5-6-13(12)20-4/h5-9H,1-4H3,(H,18,19). The van der Waals surface area contributed by atoms with Crippen molar-refractivity contribution in [2.24, 2.45) is 0 Å². The average Bonchev–Trinajstić information content (AvgIpc) is 2.83. The van der Waals surface area contributed by atoms with Gasteiger partial charge in [-0.25, -0.2) is 9.48 Å². The predicted molar refractivity (Wildman–Crippen MR) is 75.9 cm³/mol. The van der Waals surface area contributed by atoms with E-state index >= 15 is 0 Å². The van der Waals surface area contributed by atoms with E-state index in [4.69, 9.17) is 4.74 Å². The van der Waals surface area contributed by atoms with E-state index in [1.807, 2.05) is 39.0 Å². The van der Waals surface area contributed by atoms with Crippen molar-refractivity contribution in [3.63, 3.8) is 0 Å². The van der Waals surface area contributed by atoms with E-state index < -0.39 is 5.97 Å². The number of carboxylic acids is 1. The third-order valence-corrected chi connectivity index (χ3v) is 3.10. The van der Waals surface area contributed by atoms with Crippen LogP contribution in [0.2, 0.25) is 0 Å². The highest BCUT2D eigenvalue weighted by molar-refractivity contribution is 5.89. The average molecular weight is 274 g/mol. The van der Waals surface area contributed by atoms with Gasteiger partial charge in [0.15, 0.2) is 0 Å². The number of hydrogen-bond donors (Lipinski definition) is 1. The third kappa shape index (κ3) is 2.52. The highest BCUT2D eigenvalue weighted by Gasteiger charge is 2.19. The van der Waals surface area contributed by atoms with Crippen LogP contribution >= 0.6 is 0 Å². The van der Waals surface area contributed by atoms with Gasteiger partial charge in [-0.15, -0.1) is 0 Å². The van der Waals surface area contributed by atoms with Gasteiger partial charge in [-0.1, -0.05) is 19.9 Å². The van der Waals surface area contributed by atoms with Gasteiger partial charge in [-0.2, -0.15) is 5.10 Å². The molecule has 5 nitrogen and oxygen atoms in total.